The van der Waals surface area contributed by atoms with Crippen LogP contribution in [0.15, 0.2) is 47.4 Å². The molecule has 1 saturated carbocycles. The molecule has 1 aromatic carbocycles. The van der Waals surface area contributed by atoms with Gasteiger partial charge in [-0.3, -0.25) is 9.20 Å². The van der Waals surface area contributed by atoms with Gasteiger partial charge in [0.15, 0.2) is 11.3 Å². The number of fused-ring (bicyclic) bond motifs is 1. The zero-order valence-electron chi connectivity index (χ0n) is 25.0. The van der Waals surface area contributed by atoms with E-state index < -0.39 is 17.1 Å². The highest BCUT2D eigenvalue weighted by Gasteiger charge is 2.30. The monoisotopic (exact) mass is 577 g/mol. The third-order valence-electron chi connectivity index (χ3n) is 7.40. The predicted octanol–water partition coefficient (Wildman–Crippen LogP) is 3.96. The number of hydrogen-bond acceptors (Lipinski definition) is 9. The van der Waals surface area contributed by atoms with Crippen LogP contribution in [-0.4, -0.2) is 78.8 Å². The molecule has 42 heavy (non-hydrogen) atoms. The van der Waals surface area contributed by atoms with E-state index in [1.165, 1.54) is 24.4 Å². The Bertz CT molecular complexity index is 1500. The Balaban J connectivity index is 1.54. The van der Waals surface area contributed by atoms with Gasteiger partial charge in [0.2, 0.25) is 5.75 Å². The average Bonchev–Trinajstić information content (AvgIpc) is 3.79. The van der Waals surface area contributed by atoms with Crippen LogP contribution >= 0.6 is 0 Å². The van der Waals surface area contributed by atoms with Gasteiger partial charge in [0.05, 0.1) is 18.5 Å². The van der Waals surface area contributed by atoms with Crippen LogP contribution in [0.2, 0.25) is 0 Å². The summed E-state index contributed by atoms with van der Waals surface area (Å²) in [5.41, 5.74) is 1.46. The van der Waals surface area contributed by atoms with Crippen molar-refractivity contribution in [3.63, 3.8) is 0 Å². The highest BCUT2D eigenvalue weighted by Crippen LogP contribution is 2.33. The lowest BCUT2D eigenvalue weighted by Crippen LogP contribution is -2.50. The number of benzene rings is 1. The van der Waals surface area contributed by atoms with Gasteiger partial charge in [0.25, 0.3) is 0 Å². The first kappa shape index (κ1) is 29.2. The highest BCUT2D eigenvalue weighted by molar-refractivity contribution is 5.91. The molecule has 1 aliphatic heterocycles. The topological polar surface area (TPSA) is 106 Å². The Labute approximate surface area is 245 Å². The number of carbonyl (C=O) groups excluding carboxylic acids is 2. The molecule has 0 atom stereocenters. The number of aromatic nitrogens is 2. The van der Waals surface area contributed by atoms with E-state index in [4.69, 9.17) is 14.2 Å². The normalized spacial score (nSPS) is 15.5. The van der Waals surface area contributed by atoms with Gasteiger partial charge in [-0.2, -0.15) is 0 Å². The maximum atomic E-state index is 14.0. The Kier molecular flexibility index (Phi) is 8.29. The Hall–Kier alpha value is -4.28. The molecule has 0 unspecified atom stereocenters. The fourth-order valence-electron chi connectivity index (χ4n) is 4.98. The van der Waals surface area contributed by atoms with Crippen molar-refractivity contribution in [3.8, 4) is 5.75 Å². The highest BCUT2D eigenvalue weighted by atomic mass is 16.6. The molecule has 11 nitrogen and oxygen atoms in total. The summed E-state index contributed by atoms with van der Waals surface area (Å²) in [5.74, 6) is -0.285. The third kappa shape index (κ3) is 6.61. The Morgan fingerprint density at radius 3 is 2.38 bits per heavy atom. The molecule has 0 N–H and O–H groups in total. The van der Waals surface area contributed by atoms with Crippen LogP contribution in [0, 0.1) is 5.92 Å². The number of esters is 1. The lowest BCUT2D eigenvalue weighted by Gasteiger charge is -2.37. The number of piperazine rings is 1. The molecule has 1 amide bonds. The number of carbonyl (C=O) groups is 2. The molecular weight excluding hydrogens is 538 g/mol. The summed E-state index contributed by atoms with van der Waals surface area (Å²) in [7, 11) is 3.26. The van der Waals surface area contributed by atoms with Gasteiger partial charge in [0.1, 0.15) is 12.2 Å². The van der Waals surface area contributed by atoms with Crippen LogP contribution in [0.25, 0.3) is 5.65 Å². The van der Waals surface area contributed by atoms with Gasteiger partial charge >= 0.3 is 17.6 Å². The van der Waals surface area contributed by atoms with E-state index in [1.54, 1.807) is 11.1 Å². The number of hydrogen-bond donors (Lipinski definition) is 0. The van der Waals surface area contributed by atoms with Crippen LogP contribution in [0.4, 0.5) is 16.2 Å². The van der Waals surface area contributed by atoms with Crippen molar-refractivity contribution in [1.82, 2.24) is 14.3 Å². The van der Waals surface area contributed by atoms with Crippen LogP contribution in [0.3, 0.4) is 0 Å². The van der Waals surface area contributed by atoms with Gasteiger partial charge in [-0.05, 0) is 51.2 Å². The van der Waals surface area contributed by atoms with Gasteiger partial charge < -0.3 is 28.9 Å². The minimum atomic E-state index is -0.756. The molecule has 0 spiro atoms. The standard InChI is InChI=1S/C31H39N5O6/c1-31(2,3)42-30(39)35-15-13-34(14-16-35)24-17-23(33(4)18-21-11-12-21)19-36-27(24)32-25(29(38)40-5)26(28(36)37)41-20-22-9-7-6-8-10-22/h6-10,17,19,21H,11-16,18,20H2,1-5H3. The van der Waals surface area contributed by atoms with Crippen molar-refractivity contribution in [2.45, 2.75) is 45.8 Å². The molecule has 3 heterocycles. The first-order valence-corrected chi connectivity index (χ1v) is 14.3. The van der Waals surface area contributed by atoms with Gasteiger partial charge in [-0.15, -0.1) is 0 Å². The number of pyridine rings is 1. The zero-order chi connectivity index (χ0) is 30.0. The van der Waals surface area contributed by atoms with E-state index in [-0.39, 0.29) is 24.1 Å². The molecule has 2 fully saturated rings. The van der Waals surface area contributed by atoms with Crippen molar-refractivity contribution in [1.29, 1.82) is 0 Å². The smallest absolute Gasteiger partial charge is 0.410 e. The number of nitrogens with zero attached hydrogens (tertiary/aromatic N) is 5. The van der Waals surface area contributed by atoms with Crippen LogP contribution in [-0.2, 0) is 16.1 Å². The SMILES string of the molecule is COC(=O)c1nc2c(N3CCN(C(=O)OC(C)(C)C)CC3)cc(N(C)CC3CC3)cn2c(=O)c1OCc1ccccc1. The second-order valence-electron chi connectivity index (χ2n) is 11.9. The number of amides is 1. The summed E-state index contributed by atoms with van der Waals surface area (Å²) in [5, 5.41) is 0. The number of ether oxygens (including phenoxy) is 3. The molecule has 11 heteroatoms. The summed E-state index contributed by atoms with van der Waals surface area (Å²) in [6, 6.07) is 11.4. The van der Waals surface area contributed by atoms with Crippen molar-refractivity contribution < 1.29 is 23.8 Å². The first-order valence-electron chi connectivity index (χ1n) is 14.3. The molecule has 224 valence electrons. The van der Waals surface area contributed by atoms with Gasteiger partial charge in [-0.25, -0.2) is 14.6 Å². The summed E-state index contributed by atoms with van der Waals surface area (Å²) in [6.07, 6.45) is 3.79. The van der Waals surface area contributed by atoms with Crippen LogP contribution < -0.4 is 20.1 Å². The fraction of sp³-hybridized carbons (Fsp3) is 0.484. The average molecular weight is 578 g/mol. The molecule has 1 saturated heterocycles. The zero-order valence-corrected chi connectivity index (χ0v) is 25.0. The van der Waals surface area contributed by atoms with Crippen molar-refractivity contribution in [2.75, 3.05) is 56.7 Å². The van der Waals surface area contributed by atoms with E-state index in [2.05, 4.69) is 14.8 Å². The van der Waals surface area contributed by atoms with Gasteiger partial charge in [0, 0.05) is 46.0 Å². The fourth-order valence-corrected chi connectivity index (χ4v) is 4.98. The van der Waals surface area contributed by atoms with E-state index in [0.717, 1.165) is 17.8 Å². The summed E-state index contributed by atoms with van der Waals surface area (Å²) in [4.78, 5) is 50.1. The number of anilines is 2. The van der Waals surface area contributed by atoms with Crippen LogP contribution in [0.5, 0.6) is 5.75 Å². The predicted molar refractivity (Wildman–Crippen MR) is 160 cm³/mol. The van der Waals surface area contributed by atoms with Crippen molar-refractivity contribution in [3.05, 3.63) is 64.2 Å². The molecule has 2 aliphatic rings. The maximum absolute atomic E-state index is 14.0. The quantitative estimate of drug-likeness (QED) is 0.368. The second-order valence-corrected chi connectivity index (χ2v) is 11.9. The van der Waals surface area contributed by atoms with E-state index in [9.17, 15) is 14.4 Å². The lowest BCUT2D eigenvalue weighted by molar-refractivity contribution is 0.0240. The summed E-state index contributed by atoms with van der Waals surface area (Å²) >= 11 is 0. The molecule has 0 bridgehead atoms. The molecule has 5 rings (SSSR count). The van der Waals surface area contributed by atoms with E-state index in [0.29, 0.717) is 43.4 Å². The molecular formula is C31H39N5O6. The summed E-state index contributed by atoms with van der Waals surface area (Å²) < 4.78 is 18.0. The largest absolute Gasteiger partial charge is 0.481 e. The molecule has 1 aliphatic carbocycles. The van der Waals surface area contributed by atoms with E-state index in [1.807, 2.05) is 64.2 Å². The summed E-state index contributed by atoms with van der Waals surface area (Å²) in [6.45, 7) is 8.38. The maximum Gasteiger partial charge on any atom is 0.410 e. The van der Waals surface area contributed by atoms with Crippen molar-refractivity contribution >= 4 is 29.1 Å². The lowest BCUT2D eigenvalue weighted by atomic mass is 10.2. The van der Waals surface area contributed by atoms with Crippen molar-refractivity contribution in [2.24, 2.45) is 5.92 Å². The minimum absolute atomic E-state index is 0.0918. The van der Waals surface area contributed by atoms with E-state index >= 15 is 0 Å². The minimum Gasteiger partial charge on any atom is -0.481 e. The number of rotatable bonds is 8. The molecule has 2 aromatic heterocycles. The Morgan fingerprint density at radius 1 is 1.07 bits per heavy atom. The number of methoxy groups -OCH3 is 1. The molecule has 0 radical (unpaired) electrons. The molecule has 3 aromatic rings. The van der Waals surface area contributed by atoms with Gasteiger partial charge in [-0.1, -0.05) is 30.3 Å². The third-order valence-corrected chi connectivity index (χ3v) is 7.40. The van der Waals surface area contributed by atoms with Crippen LogP contribution in [0.1, 0.15) is 49.7 Å². The first-order chi connectivity index (χ1) is 20.0. The Morgan fingerprint density at radius 2 is 1.76 bits per heavy atom. The second kappa shape index (κ2) is 11.9.